The maximum atomic E-state index is 12.1. The van der Waals surface area contributed by atoms with Crippen LogP contribution >= 0.6 is 15.9 Å². The molecule has 0 radical (unpaired) electrons. The number of carbonyl (C=O) groups is 1. The Kier molecular flexibility index (Phi) is 6.28. The van der Waals surface area contributed by atoms with Crippen LogP contribution in [0, 0.1) is 10.1 Å². The molecule has 0 unspecified atom stereocenters. The average molecular weight is 396 g/mol. The van der Waals surface area contributed by atoms with Gasteiger partial charge >= 0.3 is 5.97 Å². The molecule has 0 aliphatic rings. The lowest BCUT2D eigenvalue weighted by Crippen LogP contribution is -2.09. The van der Waals surface area contributed by atoms with Gasteiger partial charge in [0, 0.05) is 13.2 Å². The fourth-order valence-electron chi connectivity index (χ4n) is 1.81. The molecule has 0 spiro atoms. The molecule has 0 heterocycles. The van der Waals surface area contributed by atoms with Gasteiger partial charge in [-0.2, -0.15) is 0 Å². The van der Waals surface area contributed by atoms with Crippen LogP contribution in [-0.2, 0) is 4.74 Å². The Morgan fingerprint density at radius 1 is 1.21 bits per heavy atom. The van der Waals surface area contributed by atoms with Crippen LogP contribution in [-0.4, -0.2) is 31.2 Å². The summed E-state index contributed by atoms with van der Waals surface area (Å²) in [4.78, 5) is 22.3. The highest BCUT2D eigenvalue weighted by Gasteiger charge is 2.14. The molecule has 0 saturated heterocycles. The Bertz CT molecular complexity index is 749. The summed E-state index contributed by atoms with van der Waals surface area (Å²) in [6.45, 7) is 0.829. The third-order valence-electron chi connectivity index (χ3n) is 2.95. The molecule has 0 N–H and O–H groups in total. The van der Waals surface area contributed by atoms with Crippen molar-refractivity contribution in [1.82, 2.24) is 0 Å². The first-order valence-electron chi connectivity index (χ1n) is 6.89. The SMILES string of the molecule is COCCOc1ccc(C(=O)Oc2cccc([N+](=O)[O-])c2)cc1Br. The number of benzene rings is 2. The molecule has 0 fully saturated rings. The van der Waals surface area contributed by atoms with E-state index >= 15 is 0 Å². The summed E-state index contributed by atoms with van der Waals surface area (Å²) in [6, 6.07) is 10.2. The minimum absolute atomic E-state index is 0.103. The van der Waals surface area contributed by atoms with E-state index in [1.165, 1.54) is 24.3 Å². The van der Waals surface area contributed by atoms with Gasteiger partial charge in [0.2, 0.25) is 0 Å². The molecule has 8 heteroatoms. The Hall–Kier alpha value is -2.45. The number of rotatable bonds is 7. The van der Waals surface area contributed by atoms with Crippen LogP contribution in [0.4, 0.5) is 5.69 Å². The van der Waals surface area contributed by atoms with E-state index in [4.69, 9.17) is 14.2 Å². The zero-order chi connectivity index (χ0) is 17.5. The first kappa shape index (κ1) is 17.9. The highest BCUT2D eigenvalue weighted by Crippen LogP contribution is 2.27. The van der Waals surface area contributed by atoms with Crippen molar-refractivity contribution < 1.29 is 23.9 Å². The lowest BCUT2D eigenvalue weighted by molar-refractivity contribution is -0.384. The molecule has 0 aromatic heterocycles. The zero-order valence-electron chi connectivity index (χ0n) is 12.7. The third kappa shape index (κ3) is 4.77. The van der Waals surface area contributed by atoms with Crippen LogP contribution in [0.2, 0.25) is 0 Å². The van der Waals surface area contributed by atoms with Crippen LogP contribution in [0.1, 0.15) is 10.4 Å². The predicted octanol–water partition coefficient (Wildman–Crippen LogP) is 3.60. The number of nitro groups is 1. The van der Waals surface area contributed by atoms with Gasteiger partial charge in [0.1, 0.15) is 18.1 Å². The maximum Gasteiger partial charge on any atom is 0.343 e. The van der Waals surface area contributed by atoms with Crippen molar-refractivity contribution in [3.63, 3.8) is 0 Å². The minimum Gasteiger partial charge on any atom is -0.490 e. The monoisotopic (exact) mass is 395 g/mol. The van der Waals surface area contributed by atoms with Gasteiger partial charge in [-0.15, -0.1) is 0 Å². The smallest absolute Gasteiger partial charge is 0.343 e. The number of methoxy groups -OCH3 is 1. The van der Waals surface area contributed by atoms with Gasteiger partial charge in [-0.1, -0.05) is 6.07 Å². The fraction of sp³-hybridized carbons (Fsp3) is 0.188. The normalized spacial score (nSPS) is 10.2. The number of halogens is 1. The van der Waals surface area contributed by atoms with Crippen LogP contribution in [0.3, 0.4) is 0 Å². The van der Waals surface area contributed by atoms with Crippen molar-refractivity contribution in [1.29, 1.82) is 0 Å². The minimum atomic E-state index is -0.625. The first-order valence-corrected chi connectivity index (χ1v) is 7.68. The van der Waals surface area contributed by atoms with Crippen LogP contribution in [0.15, 0.2) is 46.9 Å². The van der Waals surface area contributed by atoms with Crippen molar-refractivity contribution >= 4 is 27.6 Å². The zero-order valence-corrected chi connectivity index (χ0v) is 14.3. The van der Waals surface area contributed by atoms with Crippen molar-refractivity contribution in [2.45, 2.75) is 0 Å². The fourth-order valence-corrected chi connectivity index (χ4v) is 2.30. The molecule has 0 saturated carbocycles. The quantitative estimate of drug-likeness (QED) is 0.234. The molecule has 2 rings (SSSR count). The third-order valence-corrected chi connectivity index (χ3v) is 3.57. The number of non-ortho nitro benzene ring substituents is 1. The maximum absolute atomic E-state index is 12.1. The van der Waals surface area contributed by atoms with E-state index in [1.807, 2.05) is 0 Å². The summed E-state index contributed by atoms with van der Waals surface area (Å²) < 4.78 is 16.1. The molecule has 0 amide bonds. The van der Waals surface area contributed by atoms with Gasteiger partial charge in [0.25, 0.3) is 5.69 Å². The van der Waals surface area contributed by atoms with Gasteiger partial charge in [0.15, 0.2) is 0 Å². The number of nitrogens with zero attached hydrogens (tertiary/aromatic N) is 1. The Balaban J connectivity index is 2.08. The van der Waals surface area contributed by atoms with Crippen LogP contribution in [0.25, 0.3) is 0 Å². The molecule has 0 aliphatic carbocycles. The van der Waals surface area contributed by atoms with Crippen molar-refractivity contribution in [3.8, 4) is 11.5 Å². The first-order chi connectivity index (χ1) is 11.5. The lowest BCUT2D eigenvalue weighted by Gasteiger charge is -2.09. The van der Waals surface area contributed by atoms with E-state index in [-0.39, 0.29) is 17.0 Å². The van der Waals surface area contributed by atoms with Crippen molar-refractivity contribution in [2.24, 2.45) is 0 Å². The summed E-state index contributed by atoms with van der Waals surface area (Å²) in [5.74, 6) is 0.0457. The molecule has 7 nitrogen and oxygen atoms in total. The summed E-state index contributed by atoms with van der Waals surface area (Å²) in [5, 5.41) is 10.7. The van der Waals surface area contributed by atoms with E-state index < -0.39 is 10.9 Å². The standard InChI is InChI=1S/C16H14BrNO6/c1-22-7-8-23-15-6-5-11(9-14(15)17)16(19)24-13-4-2-3-12(10-13)18(20)21/h2-6,9-10H,7-8H2,1H3. The van der Waals surface area contributed by atoms with Gasteiger partial charge in [-0.05, 0) is 40.2 Å². The number of ether oxygens (including phenoxy) is 3. The van der Waals surface area contributed by atoms with Gasteiger partial charge in [-0.3, -0.25) is 10.1 Å². The van der Waals surface area contributed by atoms with E-state index in [1.54, 1.807) is 25.3 Å². The lowest BCUT2D eigenvalue weighted by atomic mass is 10.2. The summed E-state index contributed by atoms with van der Waals surface area (Å²) in [6.07, 6.45) is 0. The summed E-state index contributed by atoms with van der Waals surface area (Å²) >= 11 is 3.32. The molecule has 0 aliphatic heterocycles. The Morgan fingerprint density at radius 2 is 2.00 bits per heavy atom. The molecular weight excluding hydrogens is 382 g/mol. The van der Waals surface area contributed by atoms with E-state index in [0.29, 0.717) is 23.4 Å². The van der Waals surface area contributed by atoms with E-state index in [0.717, 1.165) is 0 Å². The summed E-state index contributed by atoms with van der Waals surface area (Å²) in [7, 11) is 1.57. The number of carbonyl (C=O) groups excluding carboxylic acids is 1. The van der Waals surface area contributed by atoms with Crippen molar-refractivity contribution in [3.05, 3.63) is 62.6 Å². The number of nitro benzene ring substituents is 1. The van der Waals surface area contributed by atoms with Crippen molar-refractivity contribution in [2.75, 3.05) is 20.3 Å². The molecule has 126 valence electrons. The van der Waals surface area contributed by atoms with E-state index in [2.05, 4.69) is 15.9 Å². The molecular formula is C16H14BrNO6. The molecule has 0 bridgehead atoms. The number of hydrogen-bond donors (Lipinski definition) is 0. The van der Waals surface area contributed by atoms with Crippen LogP contribution < -0.4 is 9.47 Å². The predicted molar refractivity (Wildman–Crippen MR) is 89.6 cm³/mol. The van der Waals surface area contributed by atoms with E-state index in [9.17, 15) is 14.9 Å². The molecule has 2 aromatic carbocycles. The second-order valence-electron chi connectivity index (χ2n) is 4.63. The highest BCUT2D eigenvalue weighted by molar-refractivity contribution is 9.10. The van der Waals surface area contributed by atoms with Crippen LogP contribution in [0.5, 0.6) is 11.5 Å². The van der Waals surface area contributed by atoms with Gasteiger partial charge < -0.3 is 14.2 Å². The second kappa shape index (κ2) is 8.42. The summed E-state index contributed by atoms with van der Waals surface area (Å²) in [5.41, 5.74) is 0.135. The van der Waals surface area contributed by atoms with Gasteiger partial charge in [0.05, 0.1) is 27.6 Å². The topological polar surface area (TPSA) is 87.9 Å². The number of esters is 1. The molecule has 0 atom stereocenters. The van der Waals surface area contributed by atoms with Gasteiger partial charge in [-0.25, -0.2) is 4.79 Å². The molecule has 24 heavy (non-hydrogen) atoms. The highest BCUT2D eigenvalue weighted by atomic mass is 79.9. The average Bonchev–Trinajstić information content (AvgIpc) is 2.56. The Labute approximate surface area is 146 Å². The second-order valence-corrected chi connectivity index (χ2v) is 5.48. The largest absolute Gasteiger partial charge is 0.490 e. The number of hydrogen-bond acceptors (Lipinski definition) is 6. The molecule has 2 aromatic rings. The Morgan fingerprint density at radius 3 is 2.67 bits per heavy atom.